The van der Waals surface area contributed by atoms with E-state index in [0.29, 0.717) is 12.8 Å². The van der Waals surface area contributed by atoms with Gasteiger partial charge < -0.3 is 39.4 Å². The highest BCUT2D eigenvalue weighted by Crippen LogP contribution is 2.22. The van der Waals surface area contributed by atoms with Crippen molar-refractivity contribution in [1.82, 2.24) is 0 Å². The monoisotopic (exact) mass is 765 g/mol. The van der Waals surface area contributed by atoms with Crippen molar-refractivity contribution in [1.29, 1.82) is 0 Å². The molecule has 4 N–H and O–H groups in total. The van der Waals surface area contributed by atoms with Crippen LogP contribution in [0.3, 0.4) is 0 Å². The fraction of sp³-hybridized carbons (Fsp3) is 0.795. The lowest BCUT2D eigenvalue weighted by molar-refractivity contribution is -0.305. The van der Waals surface area contributed by atoms with Gasteiger partial charge in [0.25, 0.3) is 0 Å². The molecular weight excluding hydrogens is 688 g/mol. The number of carbonyl (C=O) groups is 2. The van der Waals surface area contributed by atoms with E-state index in [9.17, 15) is 30.0 Å². The van der Waals surface area contributed by atoms with Gasteiger partial charge in [-0.1, -0.05) is 115 Å². The minimum Gasteiger partial charge on any atom is -0.462 e. The fourth-order valence-corrected chi connectivity index (χ4v) is 6.06. The predicted molar refractivity (Wildman–Crippen MR) is 214 cm³/mol. The molecule has 0 aromatic carbocycles. The number of allylic oxidation sites excluding steroid dienone is 5. The number of ether oxygens (including phenoxy) is 4. The first-order valence-corrected chi connectivity index (χ1v) is 21.3. The topological polar surface area (TPSA) is 152 Å². The number of aliphatic hydroxyl groups excluding tert-OH is 4. The lowest BCUT2D eigenvalue weighted by atomic mass is 9.99. The Labute approximate surface area is 327 Å². The molecule has 0 aromatic rings. The van der Waals surface area contributed by atoms with Gasteiger partial charge in [0.05, 0.1) is 13.2 Å². The van der Waals surface area contributed by atoms with Gasteiger partial charge in [0.1, 0.15) is 31.0 Å². The second-order valence-electron chi connectivity index (χ2n) is 14.5. The van der Waals surface area contributed by atoms with Gasteiger partial charge in [0.15, 0.2) is 12.4 Å². The fourth-order valence-electron chi connectivity index (χ4n) is 6.06. The highest BCUT2D eigenvalue weighted by molar-refractivity contribution is 5.70. The molecule has 1 fully saturated rings. The highest BCUT2D eigenvalue weighted by atomic mass is 16.7. The molecule has 0 aliphatic carbocycles. The average Bonchev–Trinajstić information content (AvgIpc) is 3.17. The zero-order valence-corrected chi connectivity index (χ0v) is 33.8. The predicted octanol–water partition coefficient (Wildman–Crippen LogP) is 8.48. The van der Waals surface area contributed by atoms with Crippen LogP contribution in [0.25, 0.3) is 0 Å². The molecule has 0 saturated carbocycles. The number of hydrogen-bond acceptors (Lipinski definition) is 10. The third kappa shape index (κ3) is 26.5. The van der Waals surface area contributed by atoms with Crippen LogP contribution in [0.1, 0.15) is 168 Å². The maximum absolute atomic E-state index is 12.7. The SMILES string of the molecule is CCCC/C=C/C/C=C/CCCCCCCC(=O)O[C@@H](COC(=O)CCCCCCCC=C=CCCCCCCC)CO[C@H]1O[C@@H](CO)[C@@H](O)C(O)C1O. The van der Waals surface area contributed by atoms with Crippen LogP contribution in [0.5, 0.6) is 0 Å². The lowest BCUT2D eigenvalue weighted by Crippen LogP contribution is -2.59. The van der Waals surface area contributed by atoms with E-state index in [4.69, 9.17) is 18.9 Å². The summed E-state index contributed by atoms with van der Waals surface area (Å²) in [4.78, 5) is 25.3. The van der Waals surface area contributed by atoms with Gasteiger partial charge in [-0.2, -0.15) is 0 Å². The normalized spacial score (nSPS) is 20.6. The number of unbranched alkanes of at least 4 members (excludes halogenated alkanes) is 17. The van der Waals surface area contributed by atoms with Gasteiger partial charge in [-0.05, 0) is 76.4 Å². The van der Waals surface area contributed by atoms with Crippen molar-refractivity contribution in [3.8, 4) is 0 Å². The third-order valence-corrected chi connectivity index (χ3v) is 9.52. The molecule has 54 heavy (non-hydrogen) atoms. The Hall–Kier alpha value is -2.30. The van der Waals surface area contributed by atoms with Gasteiger partial charge in [0.2, 0.25) is 0 Å². The summed E-state index contributed by atoms with van der Waals surface area (Å²) in [5.41, 5.74) is 3.29. The molecule has 1 aliphatic heterocycles. The summed E-state index contributed by atoms with van der Waals surface area (Å²) in [6.45, 7) is 3.32. The standard InChI is InChI=1S/C44H76O10/c1-3-5-7-9-11-13-15-17-19-21-22-24-26-28-30-32-39(46)51-35-37(36-52-44-43(50)42(49)41(48)38(34-45)54-44)53-40(47)33-31-29-27-25-23-20-18-16-14-12-10-8-6-4-2/h10,12,15-16,18-19,37-38,41-45,48-50H,3-9,11,13-14,20-36H2,1-2H3/b12-10+,18-16+/t17?,37-,38-,41+,42?,43?,44-/m0/s1. The van der Waals surface area contributed by atoms with Crippen LogP contribution in [0.15, 0.2) is 42.2 Å². The van der Waals surface area contributed by atoms with E-state index >= 15 is 0 Å². The average molecular weight is 765 g/mol. The maximum atomic E-state index is 12.7. The molecule has 10 heteroatoms. The molecule has 0 spiro atoms. The summed E-state index contributed by atoms with van der Waals surface area (Å²) >= 11 is 0. The molecular formula is C44H76O10. The van der Waals surface area contributed by atoms with Crippen LogP contribution in [0.2, 0.25) is 0 Å². The second-order valence-corrected chi connectivity index (χ2v) is 14.5. The Balaban J connectivity index is 2.39. The van der Waals surface area contributed by atoms with Crippen molar-refractivity contribution in [2.45, 2.75) is 205 Å². The molecule has 0 amide bonds. The lowest BCUT2D eigenvalue weighted by Gasteiger charge is -2.39. The second kappa shape index (κ2) is 35.1. The van der Waals surface area contributed by atoms with Gasteiger partial charge in [-0.15, -0.1) is 5.73 Å². The zero-order chi connectivity index (χ0) is 39.5. The number of rotatable bonds is 34. The van der Waals surface area contributed by atoms with E-state index in [1.54, 1.807) is 0 Å². The van der Waals surface area contributed by atoms with E-state index in [-0.39, 0.29) is 26.1 Å². The summed E-state index contributed by atoms with van der Waals surface area (Å²) in [6, 6.07) is 0. The Morgan fingerprint density at radius 3 is 1.78 bits per heavy atom. The molecule has 1 heterocycles. The molecule has 1 aliphatic rings. The van der Waals surface area contributed by atoms with Crippen molar-refractivity contribution < 1.29 is 49.0 Å². The molecule has 312 valence electrons. The first kappa shape index (κ1) is 49.7. The minimum absolute atomic E-state index is 0.208. The van der Waals surface area contributed by atoms with Gasteiger partial charge >= 0.3 is 11.9 Å². The van der Waals surface area contributed by atoms with Crippen molar-refractivity contribution >= 4 is 11.9 Å². The number of carbonyl (C=O) groups excluding carboxylic acids is 2. The number of aliphatic hydroxyl groups is 4. The molecule has 2 unspecified atom stereocenters. The van der Waals surface area contributed by atoms with Gasteiger partial charge in [0, 0.05) is 12.8 Å². The molecule has 10 nitrogen and oxygen atoms in total. The van der Waals surface area contributed by atoms with Gasteiger partial charge in [-0.25, -0.2) is 0 Å². The van der Waals surface area contributed by atoms with Crippen molar-refractivity contribution in [3.63, 3.8) is 0 Å². The van der Waals surface area contributed by atoms with Crippen molar-refractivity contribution in [3.05, 3.63) is 42.2 Å². The maximum Gasteiger partial charge on any atom is 0.306 e. The van der Waals surface area contributed by atoms with E-state index in [1.807, 2.05) is 0 Å². The highest BCUT2D eigenvalue weighted by Gasteiger charge is 2.44. The Morgan fingerprint density at radius 1 is 0.630 bits per heavy atom. The molecule has 1 rings (SSSR count). The van der Waals surface area contributed by atoms with Crippen LogP contribution < -0.4 is 0 Å². The Bertz CT molecular complexity index is 1030. The van der Waals surface area contributed by atoms with Crippen molar-refractivity contribution in [2.75, 3.05) is 19.8 Å². The number of hydrogen-bond donors (Lipinski definition) is 4. The third-order valence-electron chi connectivity index (χ3n) is 9.52. The van der Waals surface area contributed by atoms with Crippen LogP contribution in [0, 0.1) is 0 Å². The van der Waals surface area contributed by atoms with E-state index < -0.39 is 55.4 Å². The molecule has 0 bridgehead atoms. The summed E-state index contributed by atoms with van der Waals surface area (Å²) in [6.07, 6.45) is 29.2. The molecule has 0 radical (unpaired) electrons. The van der Waals surface area contributed by atoms with E-state index in [0.717, 1.165) is 83.5 Å². The first-order chi connectivity index (χ1) is 26.3. The van der Waals surface area contributed by atoms with Gasteiger partial charge in [-0.3, -0.25) is 9.59 Å². The van der Waals surface area contributed by atoms with Crippen molar-refractivity contribution in [2.24, 2.45) is 0 Å². The molecule has 1 saturated heterocycles. The summed E-state index contributed by atoms with van der Waals surface area (Å²) in [5, 5.41) is 40.0. The smallest absolute Gasteiger partial charge is 0.306 e. The Morgan fingerprint density at radius 2 is 1.17 bits per heavy atom. The zero-order valence-electron chi connectivity index (χ0n) is 33.8. The van der Waals surface area contributed by atoms with Crippen LogP contribution >= 0.6 is 0 Å². The molecule has 0 aromatic heterocycles. The summed E-state index contributed by atoms with van der Waals surface area (Å²) < 4.78 is 22.1. The first-order valence-electron chi connectivity index (χ1n) is 21.3. The van der Waals surface area contributed by atoms with Crippen LogP contribution in [0.4, 0.5) is 0 Å². The minimum atomic E-state index is -1.60. The summed E-state index contributed by atoms with van der Waals surface area (Å²) in [5.74, 6) is -0.846. The van der Waals surface area contributed by atoms with E-state index in [2.05, 4.69) is 56.0 Å². The quantitative estimate of drug-likeness (QED) is 0.0217. The molecule has 6 atom stereocenters. The largest absolute Gasteiger partial charge is 0.462 e. The van der Waals surface area contributed by atoms with Crippen LogP contribution in [-0.4, -0.2) is 89.0 Å². The Kier molecular flexibility index (Phi) is 32.4. The van der Waals surface area contributed by atoms with Crippen LogP contribution in [-0.2, 0) is 28.5 Å². The number of esters is 2. The summed E-state index contributed by atoms with van der Waals surface area (Å²) in [7, 11) is 0. The van der Waals surface area contributed by atoms with E-state index in [1.165, 1.54) is 44.9 Å².